The van der Waals surface area contributed by atoms with E-state index in [4.69, 9.17) is 9.84 Å². The van der Waals surface area contributed by atoms with Crippen molar-refractivity contribution in [1.29, 1.82) is 0 Å². The van der Waals surface area contributed by atoms with Gasteiger partial charge >= 0.3 is 0 Å². The molecule has 4 heteroatoms. The standard InChI is InChI=1S/C18H32N2O2/c1-4-10-20(11-5-2)15-16-7-8-17(18(13-16)22-3)14-19-9-6-12-21/h7-8,13,19,21H,4-6,9-12,14-15H2,1-3H3. The molecule has 2 N–H and O–H groups in total. The number of aliphatic hydroxyl groups excluding tert-OH is 1. The summed E-state index contributed by atoms with van der Waals surface area (Å²) in [6.07, 6.45) is 3.15. The fourth-order valence-electron chi connectivity index (χ4n) is 2.62. The lowest BCUT2D eigenvalue weighted by atomic mass is 10.1. The van der Waals surface area contributed by atoms with Crippen LogP contribution in [0.15, 0.2) is 18.2 Å². The summed E-state index contributed by atoms with van der Waals surface area (Å²) in [7, 11) is 1.73. The van der Waals surface area contributed by atoms with Gasteiger partial charge in [-0.1, -0.05) is 26.0 Å². The Morgan fingerprint density at radius 3 is 2.50 bits per heavy atom. The van der Waals surface area contributed by atoms with Crippen LogP contribution in [0.4, 0.5) is 0 Å². The SMILES string of the molecule is CCCN(CCC)Cc1ccc(CNCCCO)c(OC)c1. The predicted molar refractivity (Wildman–Crippen MR) is 92.3 cm³/mol. The summed E-state index contributed by atoms with van der Waals surface area (Å²) in [6, 6.07) is 6.50. The maximum Gasteiger partial charge on any atom is 0.123 e. The number of hydrogen-bond acceptors (Lipinski definition) is 4. The number of hydrogen-bond donors (Lipinski definition) is 2. The van der Waals surface area contributed by atoms with Crippen LogP contribution in [0, 0.1) is 0 Å². The molecule has 0 spiro atoms. The first kappa shape index (κ1) is 18.9. The van der Waals surface area contributed by atoms with Crippen molar-refractivity contribution in [2.75, 3.05) is 33.4 Å². The van der Waals surface area contributed by atoms with Crippen LogP contribution >= 0.6 is 0 Å². The summed E-state index contributed by atoms with van der Waals surface area (Å²) in [4.78, 5) is 2.49. The number of methoxy groups -OCH3 is 1. The highest BCUT2D eigenvalue weighted by atomic mass is 16.5. The minimum absolute atomic E-state index is 0.230. The summed E-state index contributed by atoms with van der Waals surface area (Å²) in [5.41, 5.74) is 2.47. The molecule has 0 amide bonds. The van der Waals surface area contributed by atoms with Crippen molar-refractivity contribution in [2.45, 2.75) is 46.2 Å². The van der Waals surface area contributed by atoms with E-state index >= 15 is 0 Å². The molecule has 1 aromatic carbocycles. The second-order valence-corrected chi connectivity index (χ2v) is 5.68. The molecule has 0 aliphatic rings. The van der Waals surface area contributed by atoms with Crippen molar-refractivity contribution < 1.29 is 9.84 Å². The lowest BCUT2D eigenvalue weighted by Gasteiger charge is -2.21. The highest BCUT2D eigenvalue weighted by Crippen LogP contribution is 2.21. The van der Waals surface area contributed by atoms with E-state index in [-0.39, 0.29) is 6.61 Å². The molecular weight excluding hydrogens is 276 g/mol. The van der Waals surface area contributed by atoms with Crippen molar-refractivity contribution in [3.8, 4) is 5.75 Å². The van der Waals surface area contributed by atoms with Crippen LogP contribution in [-0.4, -0.2) is 43.4 Å². The molecule has 4 nitrogen and oxygen atoms in total. The van der Waals surface area contributed by atoms with E-state index in [0.717, 1.165) is 44.9 Å². The molecule has 22 heavy (non-hydrogen) atoms. The van der Waals surface area contributed by atoms with Crippen molar-refractivity contribution in [1.82, 2.24) is 10.2 Å². The van der Waals surface area contributed by atoms with Gasteiger partial charge in [0.05, 0.1) is 7.11 Å². The van der Waals surface area contributed by atoms with Gasteiger partial charge in [0, 0.05) is 25.3 Å². The molecule has 1 rings (SSSR count). The molecular formula is C18H32N2O2. The van der Waals surface area contributed by atoms with E-state index in [2.05, 4.69) is 42.3 Å². The molecule has 0 aliphatic heterocycles. The minimum atomic E-state index is 0.230. The fraction of sp³-hybridized carbons (Fsp3) is 0.667. The summed E-state index contributed by atoms with van der Waals surface area (Å²) in [5.74, 6) is 0.946. The Morgan fingerprint density at radius 2 is 1.91 bits per heavy atom. The van der Waals surface area contributed by atoms with Gasteiger partial charge in [-0.3, -0.25) is 4.90 Å². The third kappa shape index (κ3) is 6.77. The number of nitrogens with zero attached hydrogens (tertiary/aromatic N) is 1. The van der Waals surface area contributed by atoms with Crippen LogP contribution < -0.4 is 10.1 Å². The maximum atomic E-state index is 8.80. The highest BCUT2D eigenvalue weighted by molar-refractivity contribution is 5.37. The Balaban J connectivity index is 2.65. The lowest BCUT2D eigenvalue weighted by molar-refractivity contribution is 0.266. The second kappa shape index (κ2) is 11.5. The zero-order valence-electron chi connectivity index (χ0n) is 14.4. The Labute approximate surface area is 135 Å². The van der Waals surface area contributed by atoms with E-state index in [0.29, 0.717) is 0 Å². The maximum absolute atomic E-state index is 8.80. The zero-order chi connectivity index (χ0) is 16.2. The van der Waals surface area contributed by atoms with Gasteiger partial charge in [-0.25, -0.2) is 0 Å². The second-order valence-electron chi connectivity index (χ2n) is 5.68. The highest BCUT2D eigenvalue weighted by Gasteiger charge is 2.08. The molecule has 0 atom stereocenters. The first-order valence-corrected chi connectivity index (χ1v) is 8.44. The van der Waals surface area contributed by atoms with Gasteiger partial charge in [0.1, 0.15) is 5.75 Å². The zero-order valence-corrected chi connectivity index (χ0v) is 14.4. The largest absolute Gasteiger partial charge is 0.496 e. The molecule has 126 valence electrons. The predicted octanol–water partition coefficient (Wildman–Crippen LogP) is 2.79. The Bertz CT molecular complexity index is 404. The molecule has 0 fully saturated rings. The first-order valence-electron chi connectivity index (χ1n) is 8.44. The van der Waals surface area contributed by atoms with E-state index in [9.17, 15) is 0 Å². The molecule has 0 unspecified atom stereocenters. The van der Waals surface area contributed by atoms with Crippen LogP contribution in [0.3, 0.4) is 0 Å². The normalized spacial score (nSPS) is 11.1. The van der Waals surface area contributed by atoms with Crippen molar-refractivity contribution >= 4 is 0 Å². The van der Waals surface area contributed by atoms with Gasteiger partial charge in [-0.2, -0.15) is 0 Å². The van der Waals surface area contributed by atoms with Crippen molar-refractivity contribution in [3.05, 3.63) is 29.3 Å². The van der Waals surface area contributed by atoms with Gasteiger partial charge < -0.3 is 15.2 Å². The summed E-state index contributed by atoms with van der Waals surface area (Å²) in [5, 5.41) is 12.1. The molecule has 1 aromatic rings. The van der Waals surface area contributed by atoms with Crippen LogP contribution in [-0.2, 0) is 13.1 Å². The monoisotopic (exact) mass is 308 g/mol. The molecule has 0 aromatic heterocycles. The van der Waals surface area contributed by atoms with Gasteiger partial charge in [-0.05, 0) is 50.5 Å². The van der Waals surface area contributed by atoms with E-state index in [1.165, 1.54) is 24.0 Å². The summed E-state index contributed by atoms with van der Waals surface area (Å²) >= 11 is 0. The van der Waals surface area contributed by atoms with Gasteiger partial charge in [0.15, 0.2) is 0 Å². The lowest BCUT2D eigenvalue weighted by Crippen LogP contribution is -2.25. The Hall–Kier alpha value is -1.10. The van der Waals surface area contributed by atoms with Crippen LogP contribution in [0.2, 0.25) is 0 Å². The molecule has 0 heterocycles. The van der Waals surface area contributed by atoms with E-state index < -0.39 is 0 Å². The smallest absolute Gasteiger partial charge is 0.123 e. The van der Waals surface area contributed by atoms with E-state index in [1.807, 2.05) is 0 Å². The van der Waals surface area contributed by atoms with Crippen LogP contribution in [0.5, 0.6) is 5.75 Å². The number of rotatable bonds is 12. The van der Waals surface area contributed by atoms with Crippen LogP contribution in [0.25, 0.3) is 0 Å². The quantitative estimate of drug-likeness (QED) is 0.583. The van der Waals surface area contributed by atoms with Gasteiger partial charge in [0.25, 0.3) is 0 Å². The summed E-state index contributed by atoms with van der Waals surface area (Å²) < 4.78 is 5.54. The van der Waals surface area contributed by atoms with E-state index in [1.54, 1.807) is 7.11 Å². The topological polar surface area (TPSA) is 44.7 Å². The molecule has 0 saturated carbocycles. The molecule has 0 saturated heterocycles. The average molecular weight is 308 g/mol. The minimum Gasteiger partial charge on any atom is -0.496 e. The third-order valence-electron chi connectivity index (χ3n) is 3.66. The number of benzene rings is 1. The van der Waals surface area contributed by atoms with Crippen molar-refractivity contribution in [2.24, 2.45) is 0 Å². The Kier molecular flexibility index (Phi) is 9.87. The number of aliphatic hydroxyl groups is 1. The third-order valence-corrected chi connectivity index (χ3v) is 3.66. The van der Waals surface area contributed by atoms with Crippen LogP contribution in [0.1, 0.15) is 44.2 Å². The van der Waals surface area contributed by atoms with Gasteiger partial charge in [-0.15, -0.1) is 0 Å². The Morgan fingerprint density at radius 1 is 1.18 bits per heavy atom. The number of nitrogens with one attached hydrogen (secondary N) is 1. The fourth-order valence-corrected chi connectivity index (χ4v) is 2.62. The number of ether oxygens (including phenoxy) is 1. The molecule has 0 bridgehead atoms. The first-order chi connectivity index (χ1) is 10.7. The average Bonchev–Trinajstić information content (AvgIpc) is 2.53. The summed E-state index contributed by atoms with van der Waals surface area (Å²) in [6.45, 7) is 9.54. The molecule has 0 radical (unpaired) electrons. The van der Waals surface area contributed by atoms with Crippen molar-refractivity contribution in [3.63, 3.8) is 0 Å². The van der Waals surface area contributed by atoms with Gasteiger partial charge in [0.2, 0.25) is 0 Å². The molecule has 0 aliphatic carbocycles.